The van der Waals surface area contributed by atoms with Crippen molar-refractivity contribution in [1.29, 1.82) is 0 Å². The Morgan fingerprint density at radius 2 is 1.09 bits per heavy atom. The van der Waals surface area contributed by atoms with Gasteiger partial charge in [0.25, 0.3) is 0 Å². The Morgan fingerprint density at radius 3 is 1.73 bits per heavy atom. The third-order valence-corrected chi connectivity index (χ3v) is 8.78. The minimum absolute atomic E-state index is 0.980. The first-order valence-corrected chi connectivity index (χ1v) is 15.4. The molecule has 6 aromatic carbocycles. The molecule has 0 radical (unpaired) electrons. The predicted octanol–water partition coefficient (Wildman–Crippen LogP) is 11.7. The maximum absolute atomic E-state index is 4.37. The molecule has 45 heavy (non-hydrogen) atoms. The molecule has 0 aliphatic carbocycles. The van der Waals surface area contributed by atoms with Crippen LogP contribution in [0.25, 0.3) is 71.7 Å². The number of fused-ring (bicyclic) bond motifs is 7. The number of hydrogen-bond donors (Lipinski definition) is 0. The third kappa shape index (κ3) is 4.42. The standard InChI is InChI=1S/C43H32N2/c1-3-4-6-14-30(2)33-17-13-18-35(29-33)45-41-22-12-10-20-37(41)39-28-27-38-36-19-9-11-21-40(36)44(42(38)43(39)45)34-25-23-32(24-26-34)31-15-7-5-8-16-31/h3-29H,2H2,1H3/b4-3-,14-6-. The summed E-state index contributed by atoms with van der Waals surface area (Å²) in [6.07, 6.45) is 8.17. The second-order valence-corrected chi connectivity index (χ2v) is 11.4. The van der Waals surface area contributed by atoms with Crippen molar-refractivity contribution in [3.05, 3.63) is 176 Å². The smallest absolute Gasteiger partial charge is 0.0788 e. The van der Waals surface area contributed by atoms with Crippen LogP contribution in [0, 0.1) is 0 Å². The topological polar surface area (TPSA) is 9.86 Å². The van der Waals surface area contributed by atoms with Gasteiger partial charge in [0.15, 0.2) is 0 Å². The predicted molar refractivity (Wildman–Crippen MR) is 194 cm³/mol. The van der Waals surface area contributed by atoms with E-state index in [1.807, 2.05) is 25.2 Å². The summed E-state index contributed by atoms with van der Waals surface area (Å²) < 4.78 is 4.88. The molecule has 8 aromatic rings. The van der Waals surface area contributed by atoms with Crippen molar-refractivity contribution in [2.45, 2.75) is 6.92 Å². The van der Waals surface area contributed by atoms with Gasteiger partial charge >= 0.3 is 0 Å². The van der Waals surface area contributed by atoms with Crippen molar-refractivity contribution in [2.75, 3.05) is 0 Å². The molecule has 0 aliphatic rings. The highest BCUT2D eigenvalue weighted by Gasteiger charge is 2.21. The summed E-state index contributed by atoms with van der Waals surface area (Å²) in [6.45, 7) is 6.39. The Labute approximate surface area is 263 Å². The van der Waals surface area contributed by atoms with E-state index in [4.69, 9.17) is 0 Å². The normalized spacial score (nSPS) is 12.0. The molecule has 0 saturated heterocycles. The van der Waals surface area contributed by atoms with Crippen LogP contribution < -0.4 is 0 Å². The summed E-state index contributed by atoms with van der Waals surface area (Å²) in [4.78, 5) is 0. The van der Waals surface area contributed by atoms with Crippen molar-refractivity contribution in [3.8, 4) is 22.5 Å². The number of nitrogens with zero attached hydrogens (tertiary/aromatic N) is 2. The largest absolute Gasteiger partial charge is 0.307 e. The Hall–Kier alpha value is -5.86. The molecular weight excluding hydrogens is 544 g/mol. The molecule has 0 spiro atoms. The Morgan fingerprint density at radius 1 is 0.511 bits per heavy atom. The lowest BCUT2D eigenvalue weighted by Crippen LogP contribution is -1.99. The number of aromatic nitrogens is 2. The molecule has 0 atom stereocenters. The molecule has 0 fully saturated rings. The van der Waals surface area contributed by atoms with Crippen molar-refractivity contribution in [1.82, 2.24) is 9.13 Å². The van der Waals surface area contributed by atoms with Gasteiger partial charge in [0.2, 0.25) is 0 Å². The van der Waals surface area contributed by atoms with Crippen LogP contribution in [0.2, 0.25) is 0 Å². The Bertz CT molecular complexity index is 2430. The van der Waals surface area contributed by atoms with Gasteiger partial charge in [-0.2, -0.15) is 0 Å². The minimum atomic E-state index is 0.980. The van der Waals surface area contributed by atoms with E-state index in [1.165, 1.54) is 54.7 Å². The molecule has 0 unspecified atom stereocenters. The van der Waals surface area contributed by atoms with E-state index < -0.39 is 0 Å². The SMILES string of the molecule is C=C(/C=C\C=C/C)c1cccc(-n2c3ccccc3c3ccc4c5ccccc5n(-c5ccc(-c6ccccc6)cc5)c4c32)c1. The highest BCUT2D eigenvalue weighted by atomic mass is 15.0. The number of para-hydroxylation sites is 2. The second kappa shape index (κ2) is 11.0. The summed E-state index contributed by atoms with van der Waals surface area (Å²) in [6, 6.07) is 50.4. The average molecular weight is 577 g/mol. The molecule has 2 heterocycles. The summed E-state index contributed by atoms with van der Waals surface area (Å²) in [5, 5.41) is 4.96. The maximum Gasteiger partial charge on any atom is 0.0788 e. The Kier molecular flexibility index (Phi) is 6.54. The lowest BCUT2D eigenvalue weighted by Gasteiger charge is -2.14. The molecule has 0 N–H and O–H groups in total. The summed E-state index contributed by atoms with van der Waals surface area (Å²) >= 11 is 0. The van der Waals surface area contributed by atoms with Crippen LogP contribution in [-0.4, -0.2) is 9.13 Å². The zero-order valence-electron chi connectivity index (χ0n) is 25.2. The number of rotatable bonds is 6. The average Bonchev–Trinajstić information content (AvgIpc) is 3.62. The van der Waals surface area contributed by atoms with Gasteiger partial charge in [-0.15, -0.1) is 0 Å². The van der Waals surface area contributed by atoms with Crippen LogP contribution in [-0.2, 0) is 0 Å². The maximum atomic E-state index is 4.37. The van der Waals surface area contributed by atoms with E-state index in [2.05, 4.69) is 161 Å². The van der Waals surface area contributed by atoms with Crippen molar-refractivity contribution < 1.29 is 0 Å². The van der Waals surface area contributed by atoms with E-state index >= 15 is 0 Å². The summed E-state index contributed by atoms with van der Waals surface area (Å²) in [5.41, 5.74) is 11.5. The van der Waals surface area contributed by atoms with Gasteiger partial charge in [0.1, 0.15) is 0 Å². The molecule has 0 amide bonds. The first-order chi connectivity index (χ1) is 22.2. The van der Waals surface area contributed by atoms with Gasteiger partial charge < -0.3 is 9.13 Å². The number of benzene rings is 6. The Balaban J connectivity index is 1.44. The molecule has 0 bridgehead atoms. The number of allylic oxidation sites excluding steroid dienone is 5. The van der Waals surface area contributed by atoms with Crippen molar-refractivity contribution in [3.63, 3.8) is 0 Å². The molecule has 2 nitrogen and oxygen atoms in total. The summed E-state index contributed by atoms with van der Waals surface area (Å²) in [7, 11) is 0. The fourth-order valence-electron chi connectivity index (χ4n) is 6.69. The van der Waals surface area contributed by atoms with Gasteiger partial charge in [0.05, 0.1) is 22.1 Å². The zero-order valence-corrected chi connectivity index (χ0v) is 25.2. The minimum Gasteiger partial charge on any atom is -0.307 e. The van der Waals surface area contributed by atoms with Gasteiger partial charge in [-0.05, 0) is 65.6 Å². The van der Waals surface area contributed by atoms with Gasteiger partial charge in [0, 0.05) is 32.9 Å². The highest BCUT2D eigenvalue weighted by molar-refractivity contribution is 6.23. The van der Waals surface area contributed by atoms with Crippen LogP contribution in [0.1, 0.15) is 12.5 Å². The lowest BCUT2D eigenvalue weighted by atomic mass is 10.1. The van der Waals surface area contributed by atoms with Crippen molar-refractivity contribution >= 4 is 49.2 Å². The molecule has 0 saturated carbocycles. The fraction of sp³-hybridized carbons (Fsp3) is 0.0233. The molecule has 2 aromatic heterocycles. The van der Waals surface area contributed by atoms with Crippen LogP contribution in [0.15, 0.2) is 170 Å². The molecule has 0 aliphatic heterocycles. The summed E-state index contributed by atoms with van der Waals surface area (Å²) in [5.74, 6) is 0. The lowest BCUT2D eigenvalue weighted by molar-refractivity contribution is 1.15. The first kappa shape index (κ1) is 26.7. The fourth-order valence-corrected chi connectivity index (χ4v) is 6.69. The quantitative estimate of drug-likeness (QED) is 0.174. The van der Waals surface area contributed by atoms with E-state index in [1.54, 1.807) is 0 Å². The molecule has 214 valence electrons. The van der Waals surface area contributed by atoms with Crippen LogP contribution >= 0.6 is 0 Å². The van der Waals surface area contributed by atoms with E-state index in [9.17, 15) is 0 Å². The highest BCUT2D eigenvalue weighted by Crippen LogP contribution is 2.42. The van der Waals surface area contributed by atoms with Crippen LogP contribution in [0.5, 0.6) is 0 Å². The van der Waals surface area contributed by atoms with Gasteiger partial charge in [-0.3, -0.25) is 0 Å². The van der Waals surface area contributed by atoms with E-state index in [0.29, 0.717) is 0 Å². The second-order valence-electron chi connectivity index (χ2n) is 11.4. The monoisotopic (exact) mass is 576 g/mol. The van der Waals surface area contributed by atoms with E-state index in [-0.39, 0.29) is 0 Å². The molecule has 8 rings (SSSR count). The third-order valence-electron chi connectivity index (χ3n) is 8.78. The molecule has 2 heteroatoms. The van der Waals surface area contributed by atoms with E-state index in [0.717, 1.165) is 22.5 Å². The van der Waals surface area contributed by atoms with Gasteiger partial charge in [-0.1, -0.05) is 134 Å². The van der Waals surface area contributed by atoms with Crippen LogP contribution in [0.3, 0.4) is 0 Å². The van der Waals surface area contributed by atoms with Crippen molar-refractivity contribution in [2.24, 2.45) is 0 Å². The molecular formula is C43H32N2. The van der Waals surface area contributed by atoms with Gasteiger partial charge in [-0.25, -0.2) is 0 Å². The zero-order chi connectivity index (χ0) is 30.3. The first-order valence-electron chi connectivity index (χ1n) is 15.4. The van der Waals surface area contributed by atoms with Crippen LogP contribution in [0.4, 0.5) is 0 Å². The number of hydrogen-bond acceptors (Lipinski definition) is 0.